The van der Waals surface area contributed by atoms with Crippen LogP contribution in [0.2, 0.25) is 5.02 Å². The molecule has 0 unspecified atom stereocenters. The van der Waals surface area contributed by atoms with Crippen LogP contribution < -0.4 is 0 Å². The first-order valence-electron chi connectivity index (χ1n) is 5.83. The molecule has 11 heteroatoms. The van der Waals surface area contributed by atoms with Gasteiger partial charge in [-0.2, -0.15) is 10.2 Å². The molecule has 10 nitrogen and oxygen atoms in total. The van der Waals surface area contributed by atoms with Gasteiger partial charge >= 0.3 is 11.7 Å². The maximum Gasteiger partial charge on any atom is 0.360 e. The third-order valence-electron chi connectivity index (χ3n) is 2.90. The second-order valence-electron chi connectivity index (χ2n) is 4.15. The highest BCUT2D eigenvalue weighted by molar-refractivity contribution is 6.36. The zero-order valence-electron chi connectivity index (χ0n) is 11.0. The molecule has 1 N–H and O–H groups in total. The molecule has 0 aromatic carbocycles. The van der Waals surface area contributed by atoms with Gasteiger partial charge < -0.3 is 4.74 Å². The van der Waals surface area contributed by atoms with Crippen LogP contribution in [0.4, 0.5) is 5.69 Å². The Labute approximate surface area is 126 Å². The Bertz CT molecular complexity index is 901. The first-order valence-corrected chi connectivity index (χ1v) is 6.21. The molecule has 3 heterocycles. The van der Waals surface area contributed by atoms with E-state index in [1.165, 1.54) is 24.0 Å². The number of aromatic amines is 1. The summed E-state index contributed by atoms with van der Waals surface area (Å²) in [6.07, 6.45) is 3.90. The number of H-pyrrole nitrogens is 1. The number of fused-ring (bicyclic) bond motifs is 1. The predicted octanol–water partition coefficient (Wildman–Crippen LogP) is 1.47. The minimum absolute atomic E-state index is 0.0394. The van der Waals surface area contributed by atoms with Crippen LogP contribution in [-0.2, 0) is 4.74 Å². The summed E-state index contributed by atoms with van der Waals surface area (Å²) in [5, 5.41) is 21.1. The van der Waals surface area contributed by atoms with E-state index in [1.807, 2.05) is 0 Å². The van der Waals surface area contributed by atoms with Crippen molar-refractivity contribution in [3.63, 3.8) is 0 Å². The molecular formula is C11H7ClN6O4. The van der Waals surface area contributed by atoms with Gasteiger partial charge in [0.1, 0.15) is 16.9 Å². The van der Waals surface area contributed by atoms with Crippen molar-refractivity contribution >= 4 is 28.9 Å². The third-order valence-corrected chi connectivity index (χ3v) is 3.25. The standard InChI is InChI=1S/C11H7ClN6O4/c1-22-11(19)9-7(12)10-13-2-5(4-17(10)16-9)8-6(18(20)21)3-14-15-8/h2-4H,1H3,(H,14,15). The third kappa shape index (κ3) is 2.05. The first kappa shape index (κ1) is 13.9. The highest BCUT2D eigenvalue weighted by Gasteiger charge is 2.22. The molecule has 22 heavy (non-hydrogen) atoms. The van der Waals surface area contributed by atoms with Crippen molar-refractivity contribution in [3.05, 3.63) is 39.4 Å². The van der Waals surface area contributed by atoms with E-state index in [-0.39, 0.29) is 27.7 Å². The first-order chi connectivity index (χ1) is 10.5. The SMILES string of the molecule is COC(=O)c1nn2cc(-c3[nH]ncc3[N+](=O)[O-])cnc2c1Cl. The Morgan fingerprint density at radius 3 is 2.95 bits per heavy atom. The molecule has 0 fully saturated rings. The van der Waals surface area contributed by atoms with Gasteiger partial charge in [-0.3, -0.25) is 15.2 Å². The summed E-state index contributed by atoms with van der Waals surface area (Å²) in [6, 6.07) is 0. The monoisotopic (exact) mass is 322 g/mol. The fraction of sp³-hybridized carbons (Fsp3) is 0.0909. The van der Waals surface area contributed by atoms with E-state index in [1.54, 1.807) is 0 Å². The van der Waals surface area contributed by atoms with Crippen molar-refractivity contribution in [2.45, 2.75) is 0 Å². The van der Waals surface area contributed by atoms with E-state index in [2.05, 4.69) is 25.0 Å². The number of nitrogens with one attached hydrogen (secondary N) is 1. The van der Waals surface area contributed by atoms with E-state index in [0.29, 0.717) is 5.56 Å². The summed E-state index contributed by atoms with van der Waals surface area (Å²) in [6.45, 7) is 0. The van der Waals surface area contributed by atoms with Crippen LogP contribution >= 0.6 is 11.6 Å². The minimum atomic E-state index is -0.704. The van der Waals surface area contributed by atoms with Crippen LogP contribution in [-0.4, -0.2) is 42.8 Å². The average Bonchev–Trinajstić information content (AvgIpc) is 3.11. The molecule has 0 aliphatic rings. The van der Waals surface area contributed by atoms with Gasteiger partial charge in [-0.05, 0) is 0 Å². The van der Waals surface area contributed by atoms with Crippen LogP contribution in [0.15, 0.2) is 18.6 Å². The van der Waals surface area contributed by atoms with Crippen molar-refractivity contribution < 1.29 is 14.5 Å². The molecule has 0 spiro atoms. The molecule has 3 rings (SSSR count). The Hall–Kier alpha value is -3.01. The number of carbonyl (C=O) groups excluding carboxylic acids is 1. The maximum atomic E-state index is 11.5. The van der Waals surface area contributed by atoms with Crippen molar-refractivity contribution in [3.8, 4) is 11.3 Å². The number of nitro groups is 1. The maximum absolute atomic E-state index is 11.5. The van der Waals surface area contributed by atoms with Gasteiger partial charge in [0.15, 0.2) is 11.3 Å². The summed E-state index contributed by atoms with van der Waals surface area (Å²) in [7, 11) is 1.20. The molecule has 112 valence electrons. The number of hydrogen-bond acceptors (Lipinski definition) is 7. The molecule has 0 saturated heterocycles. The van der Waals surface area contributed by atoms with Crippen molar-refractivity contribution in [2.24, 2.45) is 0 Å². The highest BCUT2D eigenvalue weighted by Crippen LogP contribution is 2.28. The van der Waals surface area contributed by atoms with E-state index in [4.69, 9.17) is 11.6 Å². The molecule has 0 saturated carbocycles. The predicted molar refractivity (Wildman–Crippen MR) is 73.6 cm³/mol. The van der Waals surface area contributed by atoms with Crippen molar-refractivity contribution in [2.75, 3.05) is 7.11 Å². The van der Waals surface area contributed by atoms with Crippen molar-refractivity contribution in [1.29, 1.82) is 0 Å². The number of rotatable bonds is 3. The molecule has 0 aliphatic carbocycles. The molecule has 0 atom stereocenters. The molecule has 3 aromatic rings. The Balaban J connectivity index is 2.16. The number of esters is 1. The van der Waals surface area contributed by atoms with Gasteiger partial charge in [0.25, 0.3) is 0 Å². The lowest BCUT2D eigenvalue weighted by Gasteiger charge is -1.98. The lowest BCUT2D eigenvalue weighted by atomic mass is 10.2. The fourth-order valence-electron chi connectivity index (χ4n) is 1.89. The zero-order valence-corrected chi connectivity index (χ0v) is 11.7. The van der Waals surface area contributed by atoms with Gasteiger partial charge in [0.05, 0.1) is 12.0 Å². The van der Waals surface area contributed by atoms with Gasteiger partial charge in [-0.1, -0.05) is 11.6 Å². The molecule has 3 aromatic heterocycles. The number of carbonyl (C=O) groups is 1. The number of nitrogens with zero attached hydrogens (tertiary/aromatic N) is 5. The lowest BCUT2D eigenvalue weighted by Crippen LogP contribution is -2.02. The van der Waals surface area contributed by atoms with Gasteiger partial charge in [0, 0.05) is 18.0 Å². The van der Waals surface area contributed by atoms with Crippen LogP contribution in [0, 0.1) is 10.1 Å². The van der Waals surface area contributed by atoms with Crippen LogP contribution in [0.3, 0.4) is 0 Å². The second-order valence-corrected chi connectivity index (χ2v) is 4.53. The minimum Gasteiger partial charge on any atom is -0.464 e. The lowest BCUT2D eigenvalue weighted by molar-refractivity contribution is -0.384. The Kier molecular flexibility index (Phi) is 3.22. The number of ether oxygens (including phenoxy) is 1. The summed E-state index contributed by atoms with van der Waals surface area (Å²) < 4.78 is 5.81. The van der Waals surface area contributed by atoms with E-state index >= 15 is 0 Å². The molecule has 0 aliphatic heterocycles. The topological polar surface area (TPSA) is 128 Å². The highest BCUT2D eigenvalue weighted by atomic mass is 35.5. The summed E-state index contributed by atoms with van der Waals surface area (Å²) in [4.78, 5) is 26.0. The van der Waals surface area contributed by atoms with E-state index in [0.717, 1.165) is 6.20 Å². The van der Waals surface area contributed by atoms with E-state index in [9.17, 15) is 14.9 Å². The largest absolute Gasteiger partial charge is 0.464 e. The number of aromatic nitrogens is 5. The van der Waals surface area contributed by atoms with Crippen LogP contribution in [0.1, 0.15) is 10.5 Å². The fourth-order valence-corrected chi connectivity index (χ4v) is 2.14. The molecule has 0 bridgehead atoms. The van der Waals surface area contributed by atoms with E-state index < -0.39 is 10.9 Å². The summed E-state index contributed by atoms with van der Waals surface area (Å²) in [5.74, 6) is -0.704. The quantitative estimate of drug-likeness (QED) is 0.439. The van der Waals surface area contributed by atoms with Gasteiger partial charge in [-0.25, -0.2) is 14.3 Å². The van der Waals surface area contributed by atoms with Crippen molar-refractivity contribution in [1.82, 2.24) is 24.8 Å². The normalized spacial score (nSPS) is 10.8. The summed E-state index contributed by atoms with van der Waals surface area (Å²) in [5.41, 5.74) is 0.478. The Morgan fingerprint density at radius 1 is 1.50 bits per heavy atom. The summed E-state index contributed by atoms with van der Waals surface area (Å²) >= 11 is 6.01. The molecular weight excluding hydrogens is 316 g/mol. The molecule has 0 radical (unpaired) electrons. The Morgan fingerprint density at radius 2 is 2.27 bits per heavy atom. The van der Waals surface area contributed by atoms with Gasteiger partial charge in [0.2, 0.25) is 0 Å². The van der Waals surface area contributed by atoms with Crippen LogP contribution in [0.25, 0.3) is 16.9 Å². The smallest absolute Gasteiger partial charge is 0.360 e. The number of halogens is 1. The second kappa shape index (κ2) is 5.07. The van der Waals surface area contributed by atoms with Crippen LogP contribution in [0.5, 0.6) is 0 Å². The molecule has 0 amide bonds. The number of methoxy groups -OCH3 is 1. The number of hydrogen-bond donors (Lipinski definition) is 1. The zero-order chi connectivity index (χ0) is 15.9. The average molecular weight is 323 g/mol. The van der Waals surface area contributed by atoms with Gasteiger partial charge in [-0.15, -0.1) is 0 Å².